The molecule has 0 spiro atoms. The predicted molar refractivity (Wildman–Crippen MR) is 156 cm³/mol. The van der Waals surface area contributed by atoms with Gasteiger partial charge in [-0.1, -0.05) is 103 Å². The summed E-state index contributed by atoms with van der Waals surface area (Å²) in [7, 11) is 3.22. The number of β-amino-alcohol motifs (C(OH)–C–C–N with tert-alkyl or cyclic N) is 1. The molecule has 1 aliphatic rings. The Kier molecular flexibility index (Phi) is 8.87. The first kappa shape index (κ1) is 28.2. The Bertz CT molecular complexity index is 1370. The van der Waals surface area contributed by atoms with Crippen molar-refractivity contribution in [3.63, 3.8) is 0 Å². The molecule has 7 nitrogen and oxygen atoms in total. The molecule has 1 N–H and O–H groups in total. The van der Waals surface area contributed by atoms with Gasteiger partial charge in [0.15, 0.2) is 11.5 Å². The Labute approximate surface area is 240 Å². The summed E-state index contributed by atoms with van der Waals surface area (Å²) in [4.78, 5) is 14.8. The van der Waals surface area contributed by atoms with Gasteiger partial charge in [0.1, 0.15) is 12.2 Å². The van der Waals surface area contributed by atoms with Crippen LogP contribution in [0.2, 0.25) is 0 Å². The van der Waals surface area contributed by atoms with Crippen LogP contribution in [0.25, 0.3) is 0 Å². The van der Waals surface area contributed by atoms with Crippen LogP contribution in [0.1, 0.15) is 28.7 Å². The highest BCUT2D eigenvalue weighted by atomic mass is 16.6. The molecule has 0 aliphatic carbocycles. The molecule has 0 bridgehead atoms. The SMILES string of the molecule is COc1cccc(C(OCC2CC(O)CN2C(=O)OCc2ccccc2)(c2ccccc2)c2ccccc2)c1OC. The highest BCUT2D eigenvalue weighted by Crippen LogP contribution is 2.47. The Morgan fingerprint density at radius 1 is 0.829 bits per heavy atom. The van der Waals surface area contributed by atoms with Crippen LogP contribution in [-0.4, -0.2) is 55.6 Å². The first-order valence-corrected chi connectivity index (χ1v) is 13.7. The van der Waals surface area contributed by atoms with Gasteiger partial charge in [0, 0.05) is 5.56 Å². The van der Waals surface area contributed by atoms with Crippen molar-refractivity contribution in [2.75, 3.05) is 27.4 Å². The van der Waals surface area contributed by atoms with E-state index in [0.29, 0.717) is 17.9 Å². The second-order valence-corrected chi connectivity index (χ2v) is 10.0. The van der Waals surface area contributed by atoms with Crippen molar-refractivity contribution in [2.24, 2.45) is 0 Å². The first-order valence-electron chi connectivity index (χ1n) is 13.7. The molecule has 4 aromatic carbocycles. The molecule has 0 aromatic heterocycles. The first-order chi connectivity index (χ1) is 20.1. The maximum atomic E-state index is 13.2. The maximum Gasteiger partial charge on any atom is 0.410 e. The van der Waals surface area contributed by atoms with Gasteiger partial charge >= 0.3 is 6.09 Å². The zero-order valence-electron chi connectivity index (χ0n) is 23.3. The second-order valence-electron chi connectivity index (χ2n) is 10.0. The van der Waals surface area contributed by atoms with E-state index >= 15 is 0 Å². The van der Waals surface area contributed by atoms with E-state index in [4.69, 9.17) is 18.9 Å². The summed E-state index contributed by atoms with van der Waals surface area (Å²) in [6.07, 6.45) is -0.792. The molecular formula is C34H35NO6. The van der Waals surface area contributed by atoms with E-state index in [1.807, 2.05) is 109 Å². The molecule has 0 saturated carbocycles. The molecule has 2 unspecified atom stereocenters. The van der Waals surface area contributed by atoms with Gasteiger partial charge in [0.05, 0.1) is 39.5 Å². The number of ether oxygens (including phenoxy) is 4. The van der Waals surface area contributed by atoms with Gasteiger partial charge < -0.3 is 29.0 Å². The molecule has 1 fully saturated rings. The van der Waals surface area contributed by atoms with Crippen molar-refractivity contribution in [3.8, 4) is 11.5 Å². The lowest BCUT2D eigenvalue weighted by molar-refractivity contribution is -0.0175. The fourth-order valence-corrected chi connectivity index (χ4v) is 5.53. The molecule has 7 heteroatoms. The van der Waals surface area contributed by atoms with Gasteiger partial charge in [0.25, 0.3) is 0 Å². The van der Waals surface area contributed by atoms with Crippen molar-refractivity contribution >= 4 is 6.09 Å². The van der Waals surface area contributed by atoms with E-state index < -0.39 is 23.8 Å². The fraction of sp³-hybridized carbons (Fsp3) is 0.265. The number of aliphatic hydroxyl groups is 1. The number of para-hydroxylation sites is 1. The maximum absolute atomic E-state index is 13.2. The zero-order chi connectivity index (χ0) is 28.7. The van der Waals surface area contributed by atoms with Crippen molar-refractivity contribution in [3.05, 3.63) is 131 Å². The molecule has 41 heavy (non-hydrogen) atoms. The number of hydrogen-bond acceptors (Lipinski definition) is 6. The van der Waals surface area contributed by atoms with E-state index in [-0.39, 0.29) is 19.8 Å². The van der Waals surface area contributed by atoms with Crippen LogP contribution in [0.5, 0.6) is 11.5 Å². The second kappa shape index (κ2) is 12.9. The Hall–Kier alpha value is -4.33. The minimum absolute atomic E-state index is 0.141. The topological polar surface area (TPSA) is 77.5 Å². The summed E-state index contributed by atoms with van der Waals surface area (Å²) in [6, 6.07) is 34.7. The zero-order valence-corrected chi connectivity index (χ0v) is 23.3. The van der Waals surface area contributed by atoms with Crippen LogP contribution in [0, 0.1) is 0 Å². The lowest BCUT2D eigenvalue weighted by Gasteiger charge is -2.38. The minimum atomic E-state index is -1.12. The number of amides is 1. The summed E-state index contributed by atoms with van der Waals surface area (Å²) in [6.45, 7) is 0.467. The smallest absolute Gasteiger partial charge is 0.410 e. The average molecular weight is 554 g/mol. The summed E-state index contributed by atoms with van der Waals surface area (Å²) < 4.78 is 24.2. The van der Waals surface area contributed by atoms with Gasteiger partial charge in [-0.15, -0.1) is 0 Å². The third-order valence-corrected chi connectivity index (χ3v) is 7.47. The molecule has 2 atom stereocenters. The third kappa shape index (κ3) is 5.92. The van der Waals surface area contributed by atoms with Crippen LogP contribution in [-0.2, 0) is 21.7 Å². The molecular weight excluding hydrogens is 518 g/mol. The van der Waals surface area contributed by atoms with E-state index in [9.17, 15) is 9.90 Å². The van der Waals surface area contributed by atoms with E-state index in [2.05, 4.69) is 0 Å². The molecule has 1 heterocycles. The summed E-state index contributed by atoms with van der Waals surface area (Å²) in [5.41, 5.74) is 2.30. The summed E-state index contributed by atoms with van der Waals surface area (Å²) in [5.74, 6) is 1.13. The number of benzene rings is 4. The number of aliphatic hydroxyl groups excluding tert-OH is 1. The van der Waals surface area contributed by atoms with E-state index in [0.717, 1.165) is 22.3 Å². The van der Waals surface area contributed by atoms with Crippen LogP contribution in [0.15, 0.2) is 109 Å². The summed E-state index contributed by atoms with van der Waals surface area (Å²) in [5, 5.41) is 10.6. The molecule has 4 aromatic rings. The molecule has 1 amide bonds. The number of carbonyl (C=O) groups is 1. The van der Waals surface area contributed by atoms with Gasteiger partial charge in [0.2, 0.25) is 0 Å². The Morgan fingerprint density at radius 2 is 1.44 bits per heavy atom. The van der Waals surface area contributed by atoms with E-state index in [1.54, 1.807) is 19.1 Å². The van der Waals surface area contributed by atoms with Gasteiger partial charge in [-0.3, -0.25) is 0 Å². The number of nitrogens with zero attached hydrogens (tertiary/aromatic N) is 1. The molecule has 212 valence electrons. The van der Waals surface area contributed by atoms with Gasteiger partial charge in [-0.05, 0) is 29.2 Å². The van der Waals surface area contributed by atoms with Crippen molar-refractivity contribution in [1.82, 2.24) is 4.90 Å². The lowest BCUT2D eigenvalue weighted by atomic mass is 9.79. The Balaban J connectivity index is 1.52. The van der Waals surface area contributed by atoms with Crippen molar-refractivity contribution < 1.29 is 28.8 Å². The number of hydrogen-bond donors (Lipinski definition) is 1. The fourth-order valence-electron chi connectivity index (χ4n) is 5.53. The number of rotatable bonds is 10. The Morgan fingerprint density at radius 3 is 2.02 bits per heavy atom. The number of carbonyl (C=O) groups excluding carboxylic acids is 1. The normalized spacial score (nSPS) is 16.8. The highest BCUT2D eigenvalue weighted by Gasteiger charge is 2.43. The van der Waals surface area contributed by atoms with Crippen molar-refractivity contribution in [1.29, 1.82) is 0 Å². The number of likely N-dealkylation sites (tertiary alicyclic amines) is 1. The molecule has 1 aliphatic heterocycles. The van der Waals surface area contributed by atoms with Crippen molar-refractivity contribution in [2.45, 2.75) is 30.8 Å². The minimum Gasteiger partial charge on any atom is -0.493 e. The van der Waals surface area contributed by atoms with E-state index in [1.165, 1.54) is 0 Å². The average Bonchev–Trinajstić information content (AvgIpc) is 3.41. The standard InChI is InChI=1S/C34H35NO6/c1-38-31-20-12-19-30(32(31)39-2)34(26-15-8-4-9-16-26,27-17-10-5-11-18-27)41-24-28-21-29(36)22-35(28)33(37)40-23-25-13-6-3-7-14-25/h3-20,28-29,36H,21-24H2,1-2H3. The lowest BCUT2D eigenvalue weighted by Crippen LogP contribution is -2.42. The monoisotopic (exact) mass is 553 g/mol. The van der Waals surface area contributed by atoms with Gasteiger partial charge in [-0.2, -0.15) is 0 Å². The quantitative estimate of drug-likeness (QED) is 0.251. The van der Waals surface area contributed by atoms with Crippen LogP contribution in [0.4, 0.5) is 4.79 Å². The largest absolute Gasteiger partial charge is 0.493 e. The van der Waals surface area contributed by atoms with Crippen LogP contribution < -0.4 is 9.47 Å². The number of methoxy groups -OCH3 is 2. The predicted octanol–water partition coefficient (Wildman–Crippen LogP) is 5.78. The van der Waals surface area contributed by atoms with Crippen LogP contribution >= 0.6 is 0 Å². The highest BCUT2D eigenvalue weighted by molar-refractivity contribution is 5.68. The third-order valence-electron chi connectivity index (χ3n) is 7.47. The van der Waals surface area contributed by atoms with Crippen LogP contribution in [0.3, 0.4) is 0 Å². The molecule has 0 radical (unpaired) electrons. The molecule has 5 rings (SSSR count). The molecule has 1 saturated heterocycles. The summed E-state index contributed by atoms with van der Waals surface area (Å²) >= 11 is 0. The van der Waals surface area contributed by atoms with Gasteiger partial charge in [-0.25, -0.2) is 4.79 Å².